The number of halogens is 2. The van der Waals surface area contributed by atoms with E-state index in [1.54, 1.807) is 18.2 Å². The topological polar surface area (TPSA) is 61.4 Å². The molecule has 1 aromatic carbocycles. The highest BCUT2D eigenvalue weighted by atomic mass is 32.2. The van der Waals surface area contributed by atoms with Gasteiger partial charge in [-0.15, -0.1) is 0 Å². The van der Waals surface area contributed by atoms with Gasteiger partial charge in [-0.05, 0) is 30.5 Å². The number of nitrogens with one attached hydrogen (secondary N) is 2. The highest BCUT2D eigenvalue weighted by Crippen LogP contribution is 2.27. The first kappa shape index (κ1) is 17.7. The molecule has 1 atom stereocenters. The molecule has 21 heavy (non-hydrogen) atoms. The Morgan fingerprint density at radius 2 is 2.10 bits per heavy atom. The molecule has 0 heterocycles. The second-order valence-electron chi connectivity index (χ2n) is 5.02. The van der Waals surface area contributed by atoms with Crippen LogP contribution >= 0.6 is 11.8 Å². The minimum atomic E-state index is -2.50. The predicted molar refractivity (Wildman–Crippen MR) is 80.8 cm³/mol. The summed E-state index contributed by atoms with van der Waals surface area (Å²) in [5.41, 5.74) is 0.427. The van der Waals surface area contributed by atoms with Crippen LogP contribution in [0.25, 0.3) is 0 Å². The first-order chi connectivity index (χ1) is 9.86. The molecule has 4 nitrogen and oxygen atoms in total. The molecule has 1 aromatic rings. The van der Waals surface area contributed by atoms with Gasteiger partial charge in [0, 0.05) is 17.1 Å². The van der Waals surface area contributed by atoms with Crippen molar-refractivity contribution in [3.05, 3.63) is 24.3 Å². The van der Waals surface area contributed by atoms with Gasteiger partial charge in [0.2, 0.25) is 0 Å². The van der Waals surface area contributed by atoms with Gasteiger partial charge in [-0.2, -0.15) is 8.78 Å². The summed E-state index contributed by atoms with van der Waals surface area (Å²) in [6.45, 7) is 4.11. The van der Waals surface area contributed by atoms with Gasteiger partial charge < -0.3 is 15.7 Å². The number of hydrogen-bond acceptors (Lipinski definition) is 3. The third kappa shape index (κ3) is 7.87. The summed E-state index contributed by atoms with van der Waals surface area (Å²) in [5.74, 6) is -2.16. The fraction of sp³-hybridized carbons (Fsp3) is 0.500. The number of hydrogen-bond donors (Lipinski definition) is 3. The summed E-state index contributed by atoms with van der Waals surface area (Å²) in [6.07, 6.45) is -0.00248. The van der Waals surface area contributed by atoms with Crippen LogP contribution in [0.3, 0.4) is 0 Å². The molecular weight excluding hydrogens is 298 g/mol. The van der Waals surface area contributed by atoms with E-state index in [-0.39, 0.29) is 6.54 Å². The smallest absolute Gasteiger partial charge is 0.319 e. The van der Waals surface area contributed by atoms with Crippen molar-refractivity contribution in [1.82, 2.24) is 5.32 Å². The number of alkyl halides is 2. The van der Waals surface area contributed by atoms with Crippen molar-refractivity contribution in [3.63, 3.8) is 0 Å². The highest BCUT2D eigenvalue weighted by molar-refractivity contribution is 7.99. The standard InChI is InChI=1S/C14H20F2N2O2S/c1-9(2)6-11(19)8-17-14(20)18-10-4-3-5-12(7-10)21-13(15)16/h3-5,7,9,11,13,19H,6,8H2,1-2H3,(H2,17,18,20). The molecule has 0 aliphatic heterocycles. The molecule has 3 N–H and O–H groups in total. The normalized spacial score (nSPS) is 12.5. The van der Waals surface area contributed by atoms with E-state index < -0.39 is 17.9 Å². The molecule has 7 heteroatoms. The van der Waals surface area contributed by atoms with Gasteiger partial charge in [-0.3, -0.25) is 0 Å². The predicted octanol–water partition coefficient (Wildman–Crippen LogP) is 3.53. The Morgan fingerprint density at radius 3 is 2.71 bits per heavy atom. The van der Waals surface area contributed by atoms with Crippen molar-refractivity contribution in [2.45, 2.75) is 37.0 Å². The van der Waals surface area contributed by atoms with Crippen LogP contribution in [0.15, 0.2) is 29.2 Å². The molecule has 1 rings (SSSR count). The number of thioether (sulfide) groups is 1. The van der Waals surface area contributed by atoms with Crippen molar-refractivity contribution in [2.75, 3.05) is 11.9 Å². The molecule has 0 bridgehead atoms. The minimum Gasteiger partial charge on any atom is -0.391 e. The molecule has 0 aliphatic carbocycles. The monoisotopic (exact) mass is 318 g/mol. The Morgan fingerprint density at radius 1 is 1.38 bits per heavy atom. The van der Waals surface area contributed by atoms with E-state index >= 15 is 0 Å². The second kappa shape index (κ2) is 8.84. The van der Waals surface area contributed by atoms with Crippen LogP contribution in [0.2, 0.25) is 0 Å². The summed E-state index contributed by atoms with van der Waals surface area (Å²) >= 11 is 0.420. The Hall–Kier alpha value is -1.34. The third-order valence-corrected chi connectivity index (χ3v) is 3.26. The zero-order valence-corrected chi connectivity index (χ0v) is 12.8. The average molecular weight is 318 g/mol. The Bertz CT molecular complexity index is 458. The lowest BCUT2D eigenvalue weighted by Crippen LogP contribution is -2.35. The first-order valence-electron chi connectivity index (χ1n) is 6.64. The lowest BCUT2D eigenvalue weighted by atomic mass is 10.1. The van der Waals surface area contributed by atoms with Crippen LogP contribution in [0, 0.1) is 5.92 Å². The van der Waals surface area contributed by atoms with E-state index in [0.717, 1.165) is 0 Å². The molecule has 0 saturated carbocycles. The van der Waals surface area contributed by atoms with Gasteiger partial charge >= 0.3 is 6.03 Å². The Kier molecular flexibility index (Phi) is 7.45. The molecular formula is C14H20F2N2O2S. The highest BCUT2D eigenvalue weighted by Gasteiger charge is 2.10. The van der Waals surface area contributed by atoms with E-state index in [2.05, 4.69) is 10.6 Å². The third-order valence-electron chi connectivity index (χ3n) is 2.56. The largest absolute Gasteiger partial charge is 0.391 e. The SMILES string of the molecule is CC(C)CC(O)CNC(=O)Nc1cccc(SC(F)F)c1. The number of urea groups is 1. The lowest BCUT2D eigenvalue weighted by Gasteiger charge is -2.14. The van der Waals surface area contributed by atoms with Crippen molar-refractivity contribution < 1.29 is 18.7 Å². The van der Waals surface area contributed by atoms with E-state index in [1.165, 1.54) is 6.07 Å². The van der Waals surface area contributed by atoms with E-state index in [9.17, 15) is 18.7 Å². The van der Waals surface area contributed by atoms with Crippen LogP contribution in [0.5, 0.6) is 0 Å². The zero-order chi connectivity index (χ0) is 15.8. The van der Waals surface area contributed by atoms with Crippen molar-refractivity contribution >= 4 is 23.5 Å². The number of rotatable bonds is 7. The van der Waals surface area contributed by atoms with Crippen LogP contribution in [0.1, 0.15) is 20.3 Å². The van der Waals surface area contributed by atoms with Gasteiger partial charge in [-0.25, -0.2) is 4.79 Å². The van der Waals surface area contributed by atoms with Crippen molar-refractivity contribution in [3.8, 4) is 0 Å². The molecule has 118 valence electrons. The number of aliphatic hydroxyl groups excluding tert-OH is 1. The Labute approximate surface area is 127 Å². The fourth-order valence-electron chi connectivity index (χ4n) is 1.76. The van der Waals surface area contributed by atoms with Crippen LogP contribution in [-0.4, -0.2) is 29.5 Å². The summed E-state index contributed by atoms with van der Waals surface area (Å²) in [5, 5.41) is 14.7. The van der Waals surface area contributed by atoms with Gasteiger partial charge in [0.25, 0.3) is 5.76 Å². The number of carbonyl (C=O) groups is 1. The minimum absolute atomic E-state index is 0.148. The summed E-state index contributed by atoms with van der Waals surface area (Å²) in [4.78, 5) is 12.0. The molecule has 2 amide bonds. The van der Waals surface area contributed by atoms with Crippen LogP contribution in [0.4, 0.5) is 19.3 Å². The molecule has 0 spiro atoms. The maximum absolute atomic E-state index is 12.3. The molecule has 1 unspecified atom stereocenters. The van der Waals surface area contributed by atoms with E-state index in [0.29, 0.717) is 34.7 Å². The fourth-order valence-corrected chi connectivity index (χ4v) is 2.32. The van der Waals surface area contributed by atoms with E-state index in [1.807, 2.05) is 13.8 Å². The van der Waals surface area contributed by atoms with Crippen LogP contribution in [-0.2, 0) is 0 Å². The summed E-state index contributed by atoms with van der Waals surface area (Å²) in [6, 6.07) is 5.75. The quantitative estimate of drug-likeness (QED) is 0.674. The summed E-state index contributed by atoms with van der Waals surface area (Å²) < 4.78 is 24.5. The van der Waals surface area contributed by atoms with Crippen LogP contribution < -0.4 is 10.6 Å². The number of aliphatic hydroxyl groups is 1. The molecule has 0 saturated heterocycles. The first-order valence-corrected chi connectivity index (χ1v) is 7.52. The molecule has 0 radical (unpaired) electrons. The summed E-state index contributed by atoms with van der Waals surface area (Å²) in [7, 11) is 0. The van der Waals surface area contributed by atoms with Gasteiger partial charge in [0.05, 0.1) is 6.10 Å². The van der Waals surface area contributed by atoms with Gasteiger partial charge in [0.15, 0.2) is 0 Å². The van der Waals surface area contributed by atoms with E-state index in [4.69, 9.17) is 0 Å². The number of amides is 2. The molecule has 0 aliphatic rings. The second-order valence-corrected chi connectivity index (χ2v) is 6.09. The lowest BCUT2D eigenvalue weighted by molar-refractivity contribution is 0.148. The van der Waals surface area contributed by atoms with Gasteiger partial charge in [0.1, 0.15) is 0 Å². The average Bonchev–Trinajstić information content (AvgIpc) is 2.35. The molecule has 0 aromatic heterocycles. The van der Waals surface area contributed by atoms with Gasteiger partial charge in [-0.1, -0.05) is 31.7 Å². The molecule has 0 fully saturated rings. The number of anilines is 1. The zero-order valence-electron chi connectivity index (χ0n) is 12.0. The Balaban J connectivity index is 2.44. The number of carbonyl (C=O) groups excluding carboxylic acids is 1. The maximum Gasteiger partial charge on any atom is 0.319 e. The van der Waals surface area contributed by atoms with Crippen molar-refractivity contribution in [2.24, 2.45) is 5.92 Å². The number of benzene rings is 1. The van der Waals surface area contributed by atoms with Crippen molar-refractivity contribution in [1.29, 1.82) is 0 Å². The maximum atomic E-state index is 12.3.